The number of amides is 2. The number of benzene rings is 1. The predicted octanol–water partition coefficient (Wildman–Crippen LogP) is 1.53. The summed E-state index contributed by atoms with van der Waals surface area (Å²) in [6.45, 7) is 3.23. The van der Waals surface area contributed by atoms with Crippen LogP contribution in [-0.2, 0) is 4.79 Å². The highest BCUT2D eigenvalue weighted by Crippen LogP contribution is 2.23. The molecule has 2 amide bonds. The van der Waals surface area contributed by atoms with Crippen molar-refractivity contribution in [2.24, 2.45) is 5.73 Å². The van der Waals surface area contributed by atoms with E-state index in [1.165, 1.54) is 0 Å². The molecule has 1 aromatic carbocycles. The number of aromatic nitrogens is 2. The van der Waals surface area contributed by atoms with Crippen LogP contribution in [0.15, 0.2) is 36.7 Å². The van der Waals surface area contributed by atoms with E-state index < -0.39 is 5.91 Å². The molecule has 2 aromatic rings. The number of likely N-dealkylation sites (tertiary alicyclic amines) is 1. The second-order valence-electron chi connectivity index (χ2n) is 6.32. The lowest BCUT2D eigenvalue weighted by molar-refractivity contribution is -0.119. The first-order valence-electron chi connectivity index (χ1n) is 8.34. The van der Waals surface area contributed by atoms with E-state index >= 15 is 0 Å². The van der Waals surface area contributed by atoms with Gasteiger partial charge in [-0.15, -0.1) is 0 Å². The van der Waals surface area contributed by atoms with Crippen molar-refractivity contribution in [3.63, 3.8) is 0 Å². The maximum atomic E-state index is 12.7. The third kappa shape index (κ3) is 4.17. The van der Waals surface area contributed by atoms with Crippen LogP contribution < -0.4 is 10.5 Å². The molecule has 0 bridgehead atoms. The smallest absolute Gasteiger partial charge is 0.255 e. The van der Waals surface area contributed by atoms with E-state index in [1.54, 1.807) is 24.3 Å². The zero-order chi connectivity index (χ0) is 17.8. The summed E-state index contributed by atoms with van der Waals surface area (Å²) in [7, 11) is 0. The number of aryl methyl sites for hydroxylation is 1. The van der Waals surface area contributed by atoms with Crippen molar-refractivity contribution in [3.8, 4) is 5.75 Å². The van der Waals surface area contributed by atoms with Crippen molar-refractivity contribution < 1.29 is 14.3 Å². The van der Waals surface area contributed by atoms with Crippen LogP contribution in [0, 0.1) is 6.92 Å². The Kier molecular flexibility index (Phi) is 5.02. The number of hydrogen-bond donors (Lipinski definition) is 1. The maximum Gasteiger partial charge on any atom is 0.255 e. The molecule has 0 radical (unpaired) electrons. The fourth-order valence-electron chi connectivity index (χ4n) is 3.02. The standard InChI is InChI=1S/C18H22N4O3/c1-13-9-20-22(10-13)15-3-2-8-21(11-15)18(24)14-4-6-16(7-5-14)25-12-17(19)23/h4-7,9-10,15H,2-3,8,11-12H2,1H3,(H2,19,23)/t15-/m1/s1. The molecule has 7 nitrogen and oxygen atoms in total. The molecular weight excluding hydrogens is 320 g/mol. The van der Waals surface area contributed by atoms with Crippen LogP contribution in [0.5, 0.6) is 5.75 Å². The molecule has 1 aliphatic heterocycles. The number of carbonyl (C=O) groups is 2. The fraction of sp³-hybridized carbons (Fsp3) is 0.389. The van der Waals surface area contributed by atoms with Gasteiger partial charge >= 0.3 is 0 Å². The summed E-state index contributed by atoms with van der Waals surface area (Å²) in [5, 5.41) is 4.38. The zero-order valence-electron chi connectivity index (χ0n) is 14.2. The van der Waals surface area contributed by atoms with E-state index in [4.69, 9.17) is 10.5 Å². The van der Waals surface area contributed by atoms with Gasteiger partial charge in [0.05, 0.1) is 12.2 Å². The van der Waals surface area contributed by atoms with E-state index in [1.807, 2.05) is 28.9 Å². The van der Waals surface area contributed by atoms with Gasteiger partial charge in [-0.3, -0.25) is 14.3 Å². The number of primary amides is 1. The van der Waals surface area contributed by atoms with Crippen molar-refractivity contribution in [2.75, 3.05) is 19.7 Å². The highest BCUT2D eigenvalue weighted by Gasteiger charge is 2.25. The molecule has 1 aromatic heterocycles. The largest absolute Gasteiger partial charge is 0.484 e. The molecule has 0 saturated carbocycles. The Bertz CT molecular complexity index is 754. The first-order chi connectivity index (χ1) is 12.0. The number of piperidine rings is 1. The third-order valence-electron chi connectivity index (χ3n) is 4.27. The summed E-state index contributed by atoms with van der Waals surface area (Å²) >= 11 is 0. The second kappa shape index (κ2) is 7.38. The highest BCUT2D eigenvalue weighted by molar-refractivity contribution is 5.94. The molecule has 1 aliphatic rings. The van der Waals surface area contributed by atoms with Crippen molar-refractivity contribution in [3.05, 3.63) is 47.8 Å². The second-order valence-corrected chi connectivity index (χ2v) is 6.32. The van der Waals surface area contributed by atoms with Crippen molar-refractivity contribution in [2.45, 2.75) is 25.8 Å². The third-order valence-corrected chi connectivity index (χ3v) is 4.27. The van der Waals surface area contributed by atoms with E-state index in [-0.39, 0.29) is 18.6 Å². The topological polar surface area (TPSA) is 90.4 Å². The van der Waals surface area contributed by atoms with Crippen LogP contribution in [0.3, 0.4) is 0 Å². The summed E-state index contributed by atoms with van der Waals surface area (Å²) in [6.07, 6.45) is 5.83. The van der Waals surface area contributed by atoms with Crippen molar-refractivity contribution in [1.82, 2.24) is 14.7 Å². The average molecular weight is 342 g/mol. The average Bonchev–Trinajstić information content (AvgIpc) is 3.06. The molecule has 7 heteroatoms. The first-order valence-corrected chi connectivity index (χ1v) is 8.34. The maximum absolute atomic E-state index is 12.7. The Balaban J connectivity index is 1.64. The van der Waals surface area contributed by atoms with Crippen molar-refractivity contribution >= 4 is 11.8 Å². The number of hydrogen-bond acceptors (Lipinski definition) is 4. The normalized spacial score (nSPS) is 17.3. The SMILES string of the molecule is Cc1cnn([C@@H]2CCCN(C(=O)c3ccc(OCC(N)=O)cc3)C2)c1. The Morgan fingerprint density at radius 3 is 2.72 bits per heavy atom. The molecule has 1 fully saturated rings. The summed E-state index contributed by atoms with van der Waals surface area (Å²) in [5.41, 5.74) is 6.77. The van der Waals surface area contributed by atoms with Crippen LogP contribution in [0.25, 0.3) is 0 Å². The monoisotopic (exact) mass is 342 g/mol. The van der Waals surface area contributed by atoms with Gasteiger partial charge in [-0.25, -0.2) is 0 Å². The number of ether oxygens (including phenoxy) is 1. The van der Waals surface area contributed by atoms with Crippen LogP contribution in [0.2, 0.25) is 0 Å². The van der Waals surface area contributed by atoms with Gasteiger partial charge in [-0.1, -0.05) is 0 Å². The van der Waals surface area contributed by atoms with Gasteiger partial charge < -0.3 is 15.4 Å². The first kappa shape index (κ1) is 17.0. The highest BCUT2D eigenvalue weighted by atomic mass is 16.5. The van der Waals surface area contributed by atoms with Gasteiger partial charge in [0.2, 0.25) is 0 Å². The van der Waals surface area contributed by atoms with Gasteiger partial charge in [0.25, 0.3) is 11.8 Å². The Morgan fingerprint density at radius 2 is 2.08 bits per heavy atom. The molecule has 25 heavy (non-hydrogen) atoms. The Labute approximate surface area is 146 Å². The molecule has 1 atom stereocenters. The summed E-state index contributed by atoms with van der Waals surface area (Å²) < 4.78 is 7.17. The van der Waals surface area contributed by atoms with Crippen LogP contribution >= 0.6 is 0 Å². The van der Waals surface area contributed by atoms with Crippen LogP contribution in [-0.4, -0.2) is 46.2 Å². The summed E-state index contributed by atoms with van der Waals surface area (Å²) in [4.78, 5) is 25.3. The fourth-order valence-corrected chi connectivity index (χ4v) is 3.02. The zero-order valence-corrected chi connectivity index (χ0v) is 14.2. The van der Waals surface area contributed by atoms with Gasteiger partial charge in [0.1, 0.15) is 5.75 Å². The number of rotatable bonds is 5. The molecule has 2 heterocycles. The van der Waals surface area contributed by atoms with E-state index in [0.29, 0.717) is 17.9 Å². The quantitative estimate of drug-likeness (QED) is 0.892. The van der Waals surface area contributed by atoms with E-state index in [9.17, 15) is 9.59 Å². The number of nitrogens with two attached hydrogens (primary N) is 1. The van der Waals surface area contributed by atoms with E-state index in [2.05, 4.69) is 5.10 Å². The molecular formula is C18H22N4O3. The summed E-state index contributed by atoms with van der Waals surface area (Å²) in [5.74, 6) is -0.0257. The number of nitrogens with zero attached hydrogens (tertiary/aromatic N) is 3. The number of carbonyl (C=O) groups excluding carboxylic acids is 2. The minimum Gasteiger partial charge on any atom is -0.484 e. The van der Waals surface area contributed by atoms with Gasteiger partial charge in [-0.05, 0) is 49.6 Å². The lowest BCUT2D eigenvalue weighted by atomic mass is 10.0. The molecule has 0 aliphatic carbocycles. The van der Waals surface area contributed by atoms with Crippen LogP contribution in [0.1, 0.15) is 34.8 Å². The molecule has 1 saturated heterocycles. The lowest BCUT2D eigenvalue weighted by Crippen LogP contribution is -2.40. The lowest BCUT2D eigenvalue weighted by Gasteiger charge is -2.33. The van der Waals surface area contributed by atoms with Gasteiger partial charge in [0.15, 0.2) is 6.61 Å². The van der Waals surface area contributed by atoms with Crippen LogP contribution in [0.4, 0.5) is 0 Å². The minimum absolute atomic E-state index is 0.00460. The molecule has 0 spiro atoms. The molecule has 2 N–H and O–H groups in total. The van der Waals surface area contributed by atoms with Gasteiger partial charge in [0, 0.05) is 24.8 Å². The Morgan fingerprint density at radius 1 is 1.32 bits per heavy atom. The van der Waals surface area contributed by atoms with E-state index in [0.717, 1.165) is 24.9 Å². The minimum atomic E-state index is -0.534. The molecule has 0 unspecified atom stereocenters. The predicted molar refractivity (Wildman–Crippen MR) is 92.3 cm³/mol. The van der Waals surface area contributed by atoms with Gasteiger partial charge in [-0.2, -0.15) is 5.10 Å². The molecule has 3 rings (SSSR count). The summed E-state index contributed by atoms with van der Waals surface area (Å²) in [6, 6.07) is 6.98. The van der Waals surface area contributed by atoms with Crippen molar-refractivity contribution in [1.29, 1.82) is 0 Å². The Hall–Kier alpha value is -2.83. The molecule has 132 valence electrons.